The molecule has 0 N–H and O–H groups in total. The van der Waals surface area contributed by atoms with Crippen molar-refractivity contribution in [1.29, 1.82) is 0 Å². The Labute approximate surface area is 103 Å². The summed E-state index contributed by atoms with van der Waals surface area (Å²) in [5, 5.41) is 14.9. The first kappa shape index (κ1) is 13.7. The van der Waals surface area contributed by atoms with Crippen LogP contribution in [0.15, 0.2) is 17.3 Å². The molecule has 3 heteroatoms. The number of nitrogens with zero attached hydrogens (tertiary/aromatic N) is 1. The molecule has 0 saturated heterocycles. The molecule has 0 aromatic heterocycles. The lowest BCUT2D eigenvalue weighted by atomic mass is 9.80. The monoisotopic (exact) mass is 234 g/mol. The molecule has 0 atom stereocenters. The van der Waals surface area contributed by atoms with Gasteiger partial charge in [-0.3, -0.25) is 0 Å². The molecule has 0 bridgehead atoms. The van der Waals surface area contributed by atoms with Gasteiger partial charge >= 0.3 is 0 Å². The normalized spacial score (nSPS) is 12.6. The maximum absolute atomic E-state index is 12.0. The molecule has 0 radical (unpaired) electrons. The van der Waals surface area contributed by atoms with Crippen molar-refractivity contribution in [3.8, 4) is 5.75 Å². The molecule has 0 unspecified atom stereocenters. The summed E-state index contributed by atoms with van der Waals surface area (Å²) in [6, 6.07) is 3.50. The Balaban J connectivity index is 3.56. The molecule has 0 heterocycles. The van der Waals surface area contributed by atoms with Crippen molar-refractivity contribution in [3.63, 3.8) is 0 Å². The molecule has 0 fully saturated rings. The molecule has 94 valence electrons. The van der Waals surface area contributed by atoms with E-state index in [0.717, 1.165) is 5.56 Å². The summed E-state index contributed by atoms with van der Waals surface area (Å²) in [6.45, 7) is 12.0. The van der Waals surface area contributed by atoms with Gasteiger partial charge in [-0.05, 0) is 33.2 Å². The van der Waals surface area contributed by atoms with Gasteiger partial charge in [-0.25, -0.2) is 0 Å². The molecule has 0 amide bonds. The Hall–Kier alpha value is -1.38. The summed E-state index contributed by atoms with van der Waals surface area (Å²) in [5.41, 5.74) is 1.25. The van der Waals surface area contributed by atoms with Crippen molar-refractivity contribution in [2.75, 3.05) is 0 Å². The number of rotatable bonds is 1. The van der Waals surface area contributed by atoms with Crippen LogP contribution in [-0.2, 0) is 10.8 Å². The fourth-order valence-electron chi connectivity index (χ4n) is 1.67. The van der Waals surface area contributed by atoms with Crippen LogP contribution in [0.5, 0.6) is 5.75 Å². The van der Waals surface area contributed by atoms with E-state index < -0.39 is 0 Å². The van der Waals surface area contributed by atoms with Crippen molar-refractivity contribution in [2.24, 2.45) is 5.18 Å². The highest BCUT2D eigenvalue weighted by Gasteiger charge is 2.21. The van der Waals surface area contributed by atoms with E-state index in [4.69, 9.17) is 0 Å². The van der Waals surface area contributed by atoms with Crippen LogP contribution in [0.3, 0.4) is 0 Å². The van der Waals surface area contributed by atoms with E-state index in [-0.39, 0.29) is 22.3 Å². The van der Waals surface area contributed by atoms with Gasteiger partial charge < -0.3 is 5.11 Å². The van der Waals surface area contributed by atoms with Crippen molar-refractivity contribution >= 4 is 5.69 Å². The van der Waals surface area contributed by atoms with E-state index in [2.05, 4.69) is 5.18 Å². The van der Waals surface area contributed by atoms with Crippen molar-refractivity contribution in [3.05, 3.63) is 28.2 Å². The van der Waals surface area contributed by atoms with Gasteiger partial charge in [0.05, 0.1) is 0 Å². The average molecular weight is 234 g/mol. The first-order chi connectivity index (χ1) is 7.57. The Kier molecular flexibility index (Phi) is 3.33. The molecular formula is C14H20NO2-. The van der Waals surface area contributed by atoms with Crippen LogP contribution in [0.2, 0.25) is 0 Å². The van der Waals surface area contributed by atoms with Gasteiger partial charge in [0.15, 0.2) is 0 Å². The second-order valence-corrected chi connectivity index (χ2v) is 6.46. The van der Waals surface area contributed by atoms with Crippen LogP contribution in [0.4, 0.5) is 5.69 Å². The molecular weight excluding hydrogens is 214 g/mol. The Bertz CT molecular complexity index is 437. The first-order valence-corrected chi connectivity index (χ1v) is 5.77. The lowest BCUT2D eigenvalue weighted by Crippen LogP contribution is -2.18. The second-order valence-electron chi connectivity index (χ2n) is 6.46. The van der Waals surface area contributed by atoms with Gasteiger partial charge in [0, 0.05) is 0 Å². The summed E-state index contributed by atoms with van der Waals surface area (Å²) < 4.78 is 0. The lowest BCUT2D eigenvalue weighted by Gasteiger charge is -2.30. The first-order valence-electron chi connectivity index (χ1n) is 5.77. The summed E-state index contributed by atoms with van der Waals surface area (Å²) >= 11 is 0. The van der Waals surface area contributed by atoms with Crippen LogP contribution in [0.1, 0.15) is 52.7 Å². The van der Waals surface area contributed by atoms with E-state index in [1.54, 1.807) is 6.07 Å². The molecule has 0 spiro atoms. The summed E-state index contributed by atoms with van der Waals surface area (Å²) in [7, 11) is 0. The SMILES string of the molecule is CC(C)(C)c1cc(N=O)c([O-])c(C(C)(C)C)c1. The number of nitroso groups, excluding NO2 is 1. The predicted octanol–water partition coefficient (Wildman–Crippen LogP) is 3.75. The van der Waals surface area contributed by atoms with E-state index in [1.807, 2.05) is 47.6 Å². The smallest absolute Gasteiger partial charge is 0.100 e. The minimum Gasteiger partial charge on any atom is -0.871 e. The predicted molar refractivity (Wildman–Crippen MR) is 68.7 cm³/mol. The third-order valence-electron chi connectivity index (χ3n) is 2.84. The van der Waals surface area contributed by atoms with Gasteiger partial charge in [0.1, 0.15) is 5.69 Å². The summed E-state index contributed by atoms with van der Waals surface area (Å²) in [6.07, 6.45) is 0. The minimum atomic E-state index is -0.280. The van der Waals surface area contributed by atoms with Crippen LogP contribution in [0.25, 0.3) is 0 Å². The fraction of sp³-hybridized carbons (Fsp3) is 0.571. The zero-order valence-corrected chi connectivity index (χ0v) is 11.4. The molecule has 1 aromatic rings. The molecule has 0 aliphatic rings. The molecule has 0 aliphatic carbocycles. The number of hydrogen-bond acceptors (Lipinski definition) is 3. The highest BCUT2D eigenvalue weighted by molar-refractivity contribution is 5.59. The third-order valence-corrected chi connectivity index (χ3v) is 2.84. The Morgan fingerprint density at radius 1 is 1.00 bits per heavy atom. The molecule has 0 aliphatic heterocycles. The Morgan fingerprint density at radius 2 is 1.53 bits per heavy atom. The molecule has 3 nitrogen and oxygen atoms in total. The van der Waals surface area contributed by atoms with Crippen LogP contribution in [-0.4, -0.2) is 0 Å². The molecule has 1 rings (SSSR count). The van der Waals surface area contributed by atoms with Crippen molar-refractivity contribution in [1.82, 2.24) is 0 Å². The van der Waals surface area contributed by atoms with Crippen molar-refractivity contribution in [2.45, 2.75) is 52.4 Å². The zero-order chi connectivity index (χ0) is 13.4. The topological polar surface area (TPSA) is 52.5 Å². The number of hydrogen-bond donors (Lipinski definition) is 0. The second kappa shape index (κ2) is 4.13. The average Bonchev–Trinajstić information content (AvgIpc) is 2.14. The van der Waals surface area contributed by atoms with Gasteiger partial charge in [0.25, 0.3) is 0 Å². The van der Waals surface area contributed by atoms with E-state index in [9.17, 15) is 10.0 Å². The van der Waals surface area contributed by atoms with Gasteiger partial charge in [-0.15, -0.1) is 4.91 Å². The standard InChI is InChI=1S/C14H21NO2/c1-13(2,3)9-7-10(14(4,5)6)12(16)11(8-9)15-17/h7-8,16H,1-6H3/p-1. The zero-order valence-electron chi connectivity index (χ0n) is 11.4. The lowest BCUT2D eigenvalue weighted by molar-refractivity contribution is -0.269. The largest absolute Gasteiger partial charge is 0.871 e. The fourth-order valence-corrected chi connectivity index (χ4v) is 1.67. The highest BCUT2D eigenvalue weighted by Crippen LogP contribution is 2.39. The molecule has 17 heavy (non-hydrogen) atoms. The van der Waals surface area contributed by atoms with Crippen LogP contribution in [0, 0.1) is 4.91 Å². The van der Waals surface area contributed by atoms with E-state index in [0.29, 0.717) is 5.56 Å². The molecule has 1 aromatic carbocycles. The summed E-state index contributed by atoms with van der Waals surface area (Å²) in [4.78, 5) is 10.7. The van der Waals surface area contributed by atoms with Crippen LogP contribution >= 0.6 is 0 Å². The van der Waals surface area contributed by atoms with E-state index in [1.165, 1.54) is 0 Å². The third kappa shape index (κ3) is 2.84. The number of benzene rings is 1. The summed E-state index contributed by atoms with van der Waals surface area (Å²) in [5.74, 6) is -0.250. The van der Waals surface area contributed by atoms with E-state index >= 15 is 0 Å². The quantitative estimate of drug-likeness (QED) is 0.695. The van der Waals surface area contributed by atoms with Crippen LogP contribution < -0.4 is 5.11 Å². The van der Waals surface area contributed by atoms with Gasteiger partial charge in [0.2, 0.25) is 0 Å². The maximum atomic E-state index is 12.0. The van der Waals surface area contributed by atoms with Gasteiger partial charge in [-0.2, -0.15) is 0 Å². The van der Waals surface area contributed by atoms with Crippen molar-refractivity contribution < 1.29 is 5.11 Å². The molecule has 0 saturated carbocycles. The Morgan fingerprint density at radius 3 is 1.88 bits per heavy atom. The maximum Gasteiger partial charge on any atom is 0.100 e. The minimum absolute atomic E-state index is 0.0161. The van der Waals surface area contributed by atoms with Gasteiger partial charge in [-0.1, -0.05) is 53.4 Å². The highest BCUT2D eigenvalue weighted by atomic mass is 16.3.